The summed E-state index contributed by atoms with van der Waals surface area (Å²) in [5.74, 6) is -6.35. The van der Waals surface area contributed by atoms with Gasteiger partial charge in [0, 0.05) is 5.56 Å². The molecule has 0 heterocycles. The molecule has 1 aliphatic rings. The first-order chi connectivity index (χ1) is 18.3. The standard InChI is InChI=1S/C31H32F4O3/c1-3-4-5-6-19-7-9-20(10-8-19)24-16-18-26(30(35)28(24)33)38-31(36)22-13-11-21(12-14-22)23-15-17-25(37-2)29(34)27(23)32/h7-10,15-18,21-22H,3-6,11-14H2,1-2H3. The summed E-state index contributed by atoms with van der Waals surface area (Å²) >= 11 is 0. The number of methoxy groups -OCH3 is 1. The number of benzene rings is 3. The third-order valence-electron chi connectivity index (χ3n) is 7.39. The van der Waals surface area contributed by atoms with Crippen LogP contribution in [-0.4, -0.2) is 13.1 Å². The van der Waals surface area contributed by atoms with Crippen LogP contribution in [0.4, 0.5) is 17.6 Å². The summed E-state index contributed by atoms with van der Waals surface area (Å²) in [6, 6.07) is 12.9. The monoisotopic (exact) mass is 528 g/mol. The second-order valence-electron chi connectivity index (χ2n) is 9.85. The van der Waals surface area contributed by atoms with E-state index in [1.165, 1.54) is 31.4 Å². The maximum Gasteiger partial charge on any atom is 0.314 e. The van der Waals surface area contributed by atoms with Crippen LogP contribution >= 0.6 is 0 Å². The van der Waals surface area contributed by atoms with Crippen LogP contribution in [0.5, 0.6) is 11.5 Å². The van der Waals surface area contributed by atoms with Gasteiger partial charge in [-0.2, -0.15) is 8.78 Å². The van der Waals surface area contributed by atoms with Crippen molar-refractivity contribution in [2.45, 2.75) is 64.2 Å². The normalized spacial score (nSPS) is 17.3. The molecule has 202 valence electrons. The van der Waals surface area contributed by atoms with E-state index in [-0.39, 0.29) is 22.8 Å². The van der Waals surface area contributed by atoms with Gasteiger partial charge in [0.25, 0.3) is 0 Å². The van der Waals surface area contributed by atoms with E-state index < -0.39 is 40.9 Å². The van der Waals surface area contributed by atoms with Crippen LogP contribution < -0.4 is 9.47 Å². The number of unbranched alkanes of at least 4 members (excludes halogenated alkanes) is 2. The molecule has 7 heteroatoms. The van der Waals surface area contributed by atoms with Crippen molar-refractivity contribution in [2.24, 2.45) is 5.92 Å². The number of hydrogen-bond acceptors (Lipinski definition) is 3. The number of rotatable bonds is 9. The van der Waals surface area contributed by atoms with Crippen molar-refractivity contribution in [3.05, 3.63) is 82.9 Å². The molecule has 0 atom stereocenters. The Morgan fingerprint density at radius 3 is 2.11 bits per heavy atom. The fourth-order valence-corrected chi connectivity index (χ4v) is 5.12. The molecule has 0 aliphatic heterocycles. The molecule has 0 unspecified atom stereocenters. The Bertz CT molecular complexity index is 1270. The quantitative estimate of drug-likeness (QED) is 0.121. The molecular weight excluding hydrogens is 496 g/mol. The summed E-state index contributed by atoms with van der Waals surface area (Å²) in [5.41, 5.74) is 2.02. The number of esters is 1. The predicted molar refractivity (Wildman–Crippen MR) is 138 cm³/mol. The molecule has 38 heavy (non-hydrogen) atoms. The fraction of sp³-hybridized carbons (Fsp3) is 0.387. The van der Waals surface area contributed by atoms with Crippen molar-refractivity contribution in [3.63, 3.8) is 0 Å². The van der Waals surface area contributed by atoms with Crippen LogP contribution in [0, 0.1) is 29.2 Å². The summed E-state index contributed by atoms with van der Waals surface area (Å²) in [5, 5.41) is 0. The average Bonchev–Trinajstić information content (AvgIpc) is 2.93. The predicted octanol–water partition coefficient (Wildman–Crippen LogP) is 8.53. The maximum absolute atomic E-state index is 14.9. The van der Waals surface area contributed by atoms with Crippen LogP contribution in [0.1, 0.15) is 68.9 Å². The van der Waals surface area contributed by atoms with Gasteiger partial charge in [0.15, 0.2) is 23.1 Å². The zero-order valence-electron chi connectivity index (χ0n) is 21.7. The van der Waals surface area contributed by atoms with Gasteiger partial charge in [-0.1, -0.05) is 50.1 Å². The molecule has 0 radical (unpaired) electrons. The van der Waals surface area contributed by atoms with Gasteiger partial charge >= 0.3 is 5.97 Å². The van der Waals surface area contributed by atoms with Crippen LogP contribution in [0.15, 0.2) is 48.5 Å². The molecule has 0 N–H and O–H groups in total. The van der Waals surface area contributed by atoms with E-state index in [0.29, 0.717) is 31.2 Å². The number of hydrogen-bond donors (Lipinski definition) is 0. The molecule has 3 aromatic carbocycles. The molecule has 0 saturated heterocycles. The van der Waals surface area contributed by atoms with Gasteiger partial charge in [-0.25, -0.2) is 8.78 Å². The summed E-state index contributed by atoms with van der Waals surface area (Å²) < 4.78 is 68.4. The highest BCUT2D eigenvalue weighted by Gasteiger charge is 2.31. The molecule has 3 aromatic rings. The molecule has 0 spiro atoms. The highest BCUT2D eigenvalue weighted by atomic mass is 19.2. The number of halogens is 4. The smallest absolute Gasteiger partial charge is 0.314 e. The Hall–Kier alpha value is -3.35. The first kappa shape index (κ1) is 27.7. The minimum absolute atomic E-state index is 0.0941. The van der Waals surface area contributed by atoms with E-state index in [1.807, 2.05) is 12.1 Å². The molecule has 3 nitrogen and oxygen atoms in total. The lowest BCUT2D eigenvalue weighted by Crippen LogP contribution is -2.26. The van der Waals surface area contributed by atoms with Crippen molar-refractivity contribution in [3.8, 4) is 22.6 Å². The van der Waals surface area contributed by atoms with E-state index in [4.69, 9.17) is 9.47 Å². The summed E-state index contributed by atoms with van der Waals surface area (Å²) in [6.45, 7) is 2.14. The first-order valence-corrected chi connectivity index (χ1v) is 13.1. The van der Waals surface area contributed by atoms with E-state index >= 15 is 0 Å². The lowest BCUT2D eigenvalue weighted by molar-refractivity contribution is -0.140. The van der Waals surface area contributed by atoms with Gasteiger partial charge in [-0.15, -0.1) is 0 Å². The highest BCUT2D eigenvalue weighted by Crippen LogP contribution is 2.39. The molecule has 1 saturated carbocycles. The number of aryl methyl sites for hydroxylation is 1. The molecule has 0 bridgehead atoms. The third-order valence-corrected chi connectivity index (χ3v) is 7.39. The fourth-order valence-electron chi connectivity index (χ4n) is 5.12. The van der Waals surface area contributed by atoms with E-state index in [9.17, 15) is 22.4 Å². The topological polar surface area (TPSA) is 35.5 Å². The van der Waals surface area contributed by atoms with Crippen molar-refractivity contribution >= 4 is 5.97 Å². The number of carbonyl (C=O) groups excluding carboxylic acids is 1. The van der Waals surface area contributed by atoms with Crippen LogP contribution in [-0.2, 0) is 11.2 Å². The van der Waals surface area contributed by atoms with Gasteiger partial charge in [-0.05, 0) is 79.3 Å². The van der Waals surface area contributed by atoms with E-state index in [2.05, 4.69) is 6.92 Å². The zero-order chi connectivity index (χ0) is 27.2. The van der Waals surface area contributed by atoms with Crippen molar-refractivity contribution in [2.75, 3.05) is 7.11 Å². The summed E-state index contributed by atoms with van der Waals surface area (Å²) in [4.78, 5) is 12.7. The van der Waals surface area contributed by atoms with Crippen LogP contribution in [0.25, 0.3) is 11.1 Å². The van der Waals surface area contributed by atoms with Crippen LogP contribution in [0.3, 0.4) is 0 Å². The van der Waals surface area contributed by atoms with Crippen molar-refractivity contribution < 1.29 is 31.8 Å². The Labute approximate surface area is 220 Å². The Morgan fingerprint density at radius 2 is 1.45 bits per heavy atom. The average molecular weight is 529 g/mol. The molecular formula is C31H32F4O3. The maximum atomic E-state index is 14.9. The minimum Gasteiger partial charge on any atom is -0.494 e. The minimum atomic E-state index is -1.22. The second-order valence-corrected chi connectivity index (χ2v) is 9.85. The lowest BCUT2D eigenvalue weighted by Gasteiger charge is -2.28. The van der Waals surface area contributed by atoms with E-state index in [0.717, 1.165) is 31.2 Å². The molecule has 0 amide bonds. The second kappa shape index (κ2) is 12.5. The van der Waals surface area contributed by atoms with Crippen molar-refractivity contribution in [1.82, 2.24) is 0 Å². The Morgan fingerprint density at radius 1 is 0.789 bits per heavy atom. The van der Waals surface area contributed by atoms with E-state index in [1.54, 1.807) is 12.1 Å². The SMILES string of the molecule is CCCCCc1ccc(-c2ccc(OC(=O)C3CCC(c4ccc(OC)c(F)c4F)CC3)c(F)c2F)cc1. The molecule has 4 rings (SSSR count). The Balaban J connectivity index is 1.38. The largest absolute Gasteiger partial charge is 0.494 e. The first-order valence-electron chi connectivity index (χ1n) is 13.1. The van der Waals surface area contributed by atoms with Gasteiger partial charge in [0.2, 0.25) is 11.6 Å². The third kappa shape index (κ3) is 6.03. The van der Waals surface area contributed by atoms with Gasteiger partial charge < -0.3 is 9.47 Å². The number of carbonyl (C=O) groups is 1. The summed E-state index contributed by atoms with van der Waals surface area (Å²) in [6.07, 6.45) is 5.90. The van der Waals surface area contributed by atoms with Gasteiger partial charge in [0.05, 0.1) is 13.0 Å². The lowest BCUT2D eigenvalue weighted by atomic mass is 9.78. The molecule has 0 aromatic heterocycles. The van der Waals surface area contributed by atoms with Gasteiger partial charge in [-0.3, -0.25) is 4.79 Å². The number of ether oxygens (including phenoxy) is 2. The molecule has 1 fully saturated rings. The van der Waals surface area contributed by atoms with Crippen LogP contribution in [0.2, 0.25) is 0 Å². The van der Waals surface area contributed by atoms with Gasteiger partial charge in [0.1, 0.15) is 0 Å². The highest BCUT2D eigenvalue weighted by molar-refractivity contribution is 5.76. The zero-order valence-corrected chi connectivity index (χ0v) is 21.7. The van der Waals surface area contributed by atoms with Crippen molar-refractivity contribution in [1.29, 1.82) is 0 Å². The summed E-state index contributed by atoms with van der Waals surface area (Å²) in [7, 11) is 1.27. The Kier molecular flexibility index (Phi) is 9.08. The molecule has 1 aliphatic carbocycles.